The van der Waals surface area contributed by atoms with E-state index < -0.39 is 0 Å². The maximum atomic E-state index is 13.1. The van der Waals surface area contributed by atoms with Crippen molar-refractivity contribution < 1.29 is 9.21 Å². The number of oxazole rings is 1. The molecule has 1 aromatic rings. The second kappa shape index (κ2) is 7.06. The van der Waals surface area contributed by atoms with Gasteiger partial charge in [0.1, 0.15) is 0 Å². The molecule has 0 bridgehead atoms. The van der Waals surface area contributed by atoms with Crippen LogP contribution >= 0.6 is 0 Å². The highest BCUT2D eigenvalue weighted by Crippen LogP contribution is 2.35. The van der Waals surface area contributed by atoms with Gasteiger partial charge in [-0.25, -0.2) is 4.98 Å². The van der Waals surface area contributed by atoms with E-state index in [-0.39, 0.29) is 5.91 Å². The van der Waals surface area contributed by atoms with E-state index in [4.69, 9.17) is 4.42 Å². The molecule has 2 heterocycles. The quantitative estimate of drug-likeness (QED) is 0.831. The third-order valence-corrected chi connectivity index (χ3v) is 5.37. The van der Waals surface area contributed by atoms with Crippen molar-refractivity contribution >= 4 is 5.91 Å². The summed E-state index contributed by atoms with van der Waals surface area (Å²) in [6.07, 6.45) is 9.44. The predicted molar refractivity (Wildman–Crippen MR) is 90.4 cm³/mol. The Morgan fingerprint density at radius 3 is 2.65 bits per heavy atom. The number of fused-ring (bicyclic) bond motifs is 1. The Morgan fingerprint density at radius 2 is 1.91 bits per heavy atom. The van der Waals surface area contributed by atoms with Crippen LogP contribution in [0.15, 0.2) is 4.42 Å². The normalized spacial score (nSPS) is 25.3. The molecule has 128 valence electrons. The van der Waals surface area contributed by atoms with Crippen LogP contribution in [-0.2, 0) is 6.42 Å². The zero-order chi connectivity index (χ0) is 16.4. The van der Waals surface area contributed by atoms with Gasteiger partial charge in [-0.2, -0.15) is 0 Å². The van der Waals surface area contributed by atoms with E-state index in [1.54, 1.807) is 0 Å². The topological polar surface area (TPSA) is 46.3 Å². The standard InChI is InChI=1S/C19H30N2O2/c1-13(2)12-17-20-14(3)18(23-17)19(22)21-11-7-6-9-15-8-4-5-10-16(15)21/h13,15-16H,4-12H2,1-3H3/t15-,16-/m1/s1. The van der Waals surface area contributed by atoms with Crippen LogP contribution in [0.2, 0.25) is 0 Å². The molecule has 1 saturated carbocycles. The van der Waals surface area contributed by atoms with Crippen molar-refractivity contribution in [3.05, 3.63) is 17.3 Å². The molecule has 23 heavy (non-hydrogen) atoms. The molecule has 2 atom stereocenters. The van der Waals surface area contributed by atoms with Gasteiger partial charge in [-0.1, -0.05) is 33.1 Å². The van der Waals surface area contributed by atoms with Gasteiger partial charge >= 0.3 is 0 Å². The fraction of sp³-hybridized carbons (Fsp3) is 0.789. The number of amides is 1. The minimum absolute atomic E-state index is 0.0730. The molecule has 0 unspecified atom stereocenters. The average Bonchev–Trinajstić information content (AvgIpc) is 2.75. The number of aromatic nitrogens is 1. The Hall–Kier alpha value is -1.32. The molecule has 0 aromatic carbocycles. The second-order valence-electron chi connectivity index (χ2n) is 7.73. The van der Waals surface area contributed by atoms with Gasteiger partial charge < -0.3 is 9.32 Å². The second-order valence-corrected chi connectivity index (χ2v) is 7.73. The third kappa shape index (κ3) is 3.61. The molecule has 3 rings (SSSR count). The van der Waals surface area contributed by atoms with Crippen LogP contribution in [0.25, 0.3) is 0 Å². The number of likely N-dealkylation sites (tertiary alicyclic amines) is 1. The molecule has 2 aliphatic rings. The molecular formula is C19H30N2O2. The SMILES string of the molecule is Cc1nc(CC(C)C)oc1C(=O)N1CCCC[C@H]2CCCC[C@H]21. The Bertz CT molecular complexity index is 550. The Kier molecular flexibility index (Phi) is 5.08. The molecule has 0 N–H and O–H groups in total. The van der Waals surface area contributed by atoms with Crippen LogP contribution in [0, 0.1) is 18.8 Å². The van der Waals surface area contributed by atoms with Crippen LogP contribution in [-0.4, -0.2) is 28.4 Å². The van der Waals surface area contributed by atoms with Crippen molar-refractivity contribution in [2.75, 3.05) is 6.54 Å². The van der Waals surface area contributed by atoms with Crippen LogP contribution in [0.3, 0.4) is 0 Å². The maximum Gasteiger partial charge on any atom is 0.291 e. The first kappa shape index (κ1) is 16.5. The maximum absolute atomic E-state index is 13.1. The first-order valence-corrected chi connectivity index (χ1v) is 9.33. The van der Waals surface area contributed by atoms with E-state index in [1.165, 1.54) is 32.1 Å². The van der Waals surface area contributed by atoms with E-state index in [0.717, 1.165) is 31.5 Å². The summed E-state index contributed by atoms with van der Waals surface area (Å²) in [5.74, 6) is 2.43. The highest BCUT2D eigenvalue weighted by molar-refractivity contribution is 5.92. The monoisotopic (exact) mass is 318 g/mol. The van der Waals surface area contributed by atoms with Crippen molar-refractivity contribution in [1.82, 2.24) is 9.88 Å². The molecule has 1 aliphatic carbocycles. The van der Waals surface area contributed by atoms with Gasteiger partial charge in [0.05, 0.1) is 5.69 Å². The molecular weight excluding hydrogens is 288 g/mol. The Morgan fingerprint density at radius 1 is 1.22 bits per heavy atom. The Labute approximate surface area is 139 Å². The summed E-state index contributed by atoms with van der Waals surface area (Å²) in [7, 11) is 0. The zero-order valence-corrected chi connectivity index (χ0v) is 14.8. The summed E-state index contributed by atoms with van der Waals surface area (Å²) in [4.78, 5) is 19.7. The molecule has 0 radical (unpaired) electrons. The van der Waals surface area contributed by atoms with Crippen molar-refractivity contribution in [1.29, 1.82) is 0 Å². The summed E-state index contributed by atoms with van der Waals surface area (Å²) in [6.45, 7) is 7.06. The van der Waals surface area contributed by atoms with E-state index >= 15 is 0 Å². The van der Waals surface area contributed by atoms with E-state index in [9.17, 15) is 4.79 Å². The molecule has 0 spiro atoms. The lowest BCUT2D eigenvalue weighted by Crippen LogP contribution is -2.45. The molecule has 1 amide bonds. The first-order valence-electron chi connectivity index (χ1n) is 9.33. The first-order chi connectivity index (χ1) is 11.1. The summed E-state index contributed by atoms with van der Waals surface area (Å²) in [5.41, 5.74) is 0.752. The number of carbonyl (C=O) groups excluding carboxylic acids is 1. The van der Waals surface area contributed by atoms with Gasteiger partial charge in [-0.3, -0.25) is 4.79 Å². The summed E-state index contributed by atoms with van der Waals surface area (Å²) in [6, 6.07) is 0.414. The van der Waals surface area contributed by atoms with Crippen molar-refractivity contribution in [3.8, 4) is 0 Å². The van der Waals surface area contributed by atoms with Crippen LogP contribution in [0.4, 0.5) is 0 Å². The van der Waals surface area contributed by atoms with Gasteiger partial charge in [0.2, 0.25) is 5.76 Å². The smallest absolute Gasteiger partial charge is 0.291 e. The van der Waals surface area contributed by atoms with Gasteiger partial charge in [-0.05, 0) is 44.4 Å². The number of hydrogen-bond acceptors (Lipinski definition) is 3. The lowest BCUT2D eigenvalue weighted by atomic mass is 9.81. The number of rotatable bonds is 3. The summed E-state index contributed by atoms with van der Waals surface area (Å²) >= 11 is 0. The predicted octanol–water partition coefficient (Wildman–Crippen LogP) is 4.37. The number of hydrogen-bond donors (Lipinski definition) is 0. The highest BCUT2D eigenvalue weighted by atomic mass is 16.4. The van der Waals surface area contributed by atoms with Gasteiger partial charge in [0.15, 0.2) is 5.89 Å². The van der Waals surface area contributed by atoms with Crippen LogP contribution in [0.1, 0.15) is 80.9 Å². The molecule has 4 nitrogen and oxygen atoms in total. The number of carbonyl (C=O) groups is 1. The van der Waals surface area contributed by atoms with Crippen molar-refractivity contribution in [2.24, 2.45) is 11.8 Å². The molecule has 1 saturated heterocycles. The van der Waals surface area contributed by atoms with E-state index in [1.807, 2.05) is 6.92 Å². The number of aryl methyl sites for hydroxylation is 1. The molecule has 2 fully saturated rings. The molecule has 1 aromatic heterocycles. The Balaban J connectivity index is 1.81. The van der Waals surface area contributed by atoms with Gasteiger partial charge in [-0.15, -0.1) is 0 Å². The van der Waals surface area contributed by atoms with Crippen molar-refractivity contribution in [2.45, 2.75) is 78.2 Å². The van der Waals surface area contributed by atoms with Crippen molar-refractivity contribution in [3.63, 3.8) is 0 Å². The fourth-order valence-corrected chi connectivity index (χ4v) is 4.26. The lowest BCUT2D eigenvalue weighted by Gasteiger charge is -2.37. The van der Waals surface area contributed by atoms with Crippen LogP contribution < -0.4 is 0 Å². The summed E-state index contributed by atoms with van der Waals surface area (Å²) in [5, 5.41) is 0. The number of nitrogens with zero attached hydrogens (tertiary/aromatic N) is 2. The van der Waals surface area contributed by atoms with E-state index in [2.05, 4.69) is 23.7 Å². The zero-order valence-electron chi connectivity index (χ0n) is 14.8. The van der Waals surface area contributed by atoms with E-state index in [0.29, 0.717) is 29.5 Å². The fourth-order valence-electron chi connectivity index (χ4n) is 4.26. The lowest BCUT2D eigenvalue weighted by molar-refractivity contribution is 0.0534. The minimum atomic E-state index is 0.0730. The summed E-state index contributed by atoms with van der Waals surface area (Å²) < 4.78 is 5.86. The largest absolute Gasteiger partial charge is 0.435 e. The van der Waals surface area contributed by atoms with Gasteiger partial charge in [0.25, 0.3) is 5.91 Å². The molecule has 1 aliphatic heterocycles. The minimum Gasteiger partial charge on any atom is -0.435 e. The van der Waals surface area contributed by atoms with Crippen LogP contribution in [0.5, 0.6) is 0 Å². The molecule has 4 heteroatoms. The third-order valence-electron chi connectivity index (χ3n) is 5.37. The average molecular weight is 318 g/mol. The van der Waals surface area contributed by atoms with Gasteiger partial charge in [0, 0.05) is 19.0 Å². The highest BCUT2D eigenvalue weighted by Gasteiger charge is 2.36.